The van der Waals surface area contributed by atoms with E-state index in [0.717, 1.165) is 23.5 Å². The monoisotopic (exact) mass is 289 g/mol. The fraction of sp³-hybridized carbons (Fsp3) is 0.400. The van der Waals surface area contributed by atoms with Gasteiger partial charge in [0, 0.05) is 10.7 Å². The molecule has 0 aromatic heterocycles. The van der Waals surface area contributed by atoms with E-state index in [1.165, 1.54) is 11.1 Å². The molecular formula is C10H11Br2. The molecule has 0 aliphatic heterocycles. The highest BCUT2D eigenvalue weighted by Gasteiger charge is 1.94. The van der Waals surface area contributed by atoms with Gasteiger partial charge in [-0.1, -0.05) is 50.1 Å². The Hall–Kier alpha value is 0.180. The molecule has 65 valence electrons. The Labute approximate surface area is 90.6 Å². The predicted octanol–water partition coefficient (Wildman–Crippen LogP) is 3.36. The van der Waals surface area contributed by atoms with Gasteiger partial charge in [0.1, 0.15) is 0 Å². The number of hydrogen-bond acceptors (Lipinski definition) is 0. The van der Waals surface area contributed by atoms with E-state index in [1.54, 1.807) is 0 Å². The molecule has 2 heteroatoms. The van der Waals surface area contributed by atoms with Crippen LogP contribution in [-0.2, 0) is 12.8 Å². The predicted molar refractivity (Wildman–Crippen MR) is 60.3 cm³/mol. The van der Waals surface area contributed by atoms with Gasteiger partial charge in [0.25, 0.3) is 0 Å². The molecule has 1 aromatic rings. The maximum Gasteiger partial charge on any atom is 0.00720 e. The summed E-state index contributed by atoms with van der Waals surface area (Å²) in [5.74, 6) is 0. The number of halogens is 2. The van der Waals surface area contributed by atoms with E-state index in [0.29, 0.717) is 0 Å². The molecule has 0 heterocycles. The topological polar surface area (TPSA) is 0 Å². The fourth-order valence-corrected chi connectivity index (χ4v) is 1.97. The van der Waals surface area contributed by atoms with Gasteiger partial charge in [-0.2, -0.15) is 0 Å². The Kier molecular flexibility index (Phi) is 4.93. The zero-order valence-electron chi connectivity index (χ0n) is 6.82. The Morgan fingerprint density at radius 3 is 2.58 bits per heavy atom. The molecule has 0 bridgehead atoms. The van der Waals surface area contributed by atoms with Gasteiger partial charge in [0.2, 0.25) is 0 Å². The van der Waals surface area contributed by atoms with Gasteiger partial charge >= 0.3 is 0 Å². The minimum absolute atomic E-state index is 1.02. The third-order valence-electron chi connectivity index (χ3n) is 1.67. The normalized spacial score (nSPS) is 10.2. The number of rotatable bonds is 4. The second kappa shape index (κ2) is 5.76. The summed E-state index contributed by atoms with van der Waals surface area (Å²) >= 11 is 6.85. The first kappa shape index (κ1) is 10.3. The molecule has 0 saturated heterocycles. The summed E-state index contributed by atoms with van der Waals surface area (Å²) in [6.45, 7) is 0. The van der Waals surface area contributed by atoms with Gasteiger partial charge in [-0.05, 0) is 30.0 Å². The highest BCUT2D eigenvalue weighted by Crippen LogP contribution is 2.08. The summed E-state index contributed by atoms with van der Waals surface area (Å²) in [4.78, 5) is 0. The number of aryl methyl sites for hydroxylation is 2. The number of hydrogen-bond donors (Lipinski definition) is 0. The van der Waals surface area contributed by atoms with Crippen molar-refractivity contribution in [1.29, 1.82) is 0 Å². The van der Waals surface area contributed by atoms with Crippen LogP contribution >= 0.6 is 31.9 Å². The molecule has 1 rings (SSSR count). The van der Waals surface area contributed by atoms with E-state index < -0.39 is 0 Å². The van der Waals surface area contributed by atoms with E-state index in [-0.39, 0.29) is 0 Å². The summed E-state index contributed by atoms with van der Waals surface area (Å²) < 4.78 is 0. The van der Waals surface area contributed by atoms with Crippen molar-refractivity contribution in [2.45, 2.75) is 12.8 Å². The van der Waals surface area contributed by atoms with Crippen molar-refractivity contribution < 1.29 is 0 Å². The van der Waals surface area contributed by atoms with Crippen LogP contribution < -0.4 is 0 Å². The minimum Gasteiger partial charge on any atom is -0.0924 e. The van der Waals surface area contributed by atoms with Crippen molar-refractivity contribution in [3.8, 4) is 0 Å². The lowest BCUT2D eigenvalue weighted by molar-refractivity contribution is 1.11. The van der Waals surface area contributed by atoms with Crippen molar-refractivity contribution in [3.63, 3.8) is 0 Å². The third-order valence-corrected chi connectivity index (χ3v) is 2.47. The first-order valence-electron chi connectivity index (χ1n) is 3.98. The lowest BCUT2D eigenvalue weighted by atomic mass is 10.1. The molecule has 12 heavy (non-hydrogen) atoms. The molecular weight excluding hydrogens is 280 g/mol. The second-order valence-electron chi connectivity index (χ2n) is 2.60. The van der Waals surface area contributed by atoms with Crippen LogP contribution in [0.15, 0.2) is 18.2 Å². The fourth-order valence-electron chi connectivity index (χ4n) is 1.08. The Bertz CT molecular complexity index is 212. The molecule has 0 atom stereocenters. The Morgan fingerprint density at radius 1 is 1.17 bits per heavy atom. The molecule has 0 saturated carbocycles. The second-order valence-corrected chi connectivity index (χ2v) is 4.19. The Balaban J connectivity index is 2.67. The third kappa shape index (κ3) is 3.28. The van der Waals surface area contributed by atoms with E-state index in [2.05, 4.69) is 50.1 Å². The van der Waals surface area contributed by atoms with Gasteiger partial charge in [0.15, 0.2) is 0 Å². The molecule has 1 aromatic carbocycles. The lowest BCUT2D eigenvalue weighted by Crippen LogP contribution is -1.90. The first-order chi connectivity index (χ1) is 5.86. The Morgan fingerprint density at radius 2 is 1.92 bits per heavy atom. The van der Waals surface area contributed by atoms with Crippen LogP contribution in [0.1, 0.15) is 11.1 Å². The van der Waals surface area contributed by atoms with Crippen molar-refractivity contribution >= 4 is 31.9 Å². The van der Waals surface area contributed by atoms with Crippen LogP contribution in [0.4, 0.5) is 0 Å². The summed E-state index contributed by atoms with van der Waals surface area (Å²) in [6.07, 6.45) is 2.17. The molecule has 0 nitrogen and oxygen atoms in total. The zero-order valence-corrected chi connectivity index (χ0v) is 9.99. The molecule has 0 aliphatic carbocycles. The van der Waals surface area contributed by atoms with Gasteiger partial charge in [0.05, 0.1) is 0 Å². The molecule has 0 unspecified atom stereocenters. The summed E-state index contributed by atoms with van der Waals surface area (Å²) in [6, 6.07) is 9.58. The number of benzene rings is 1. The van der Waals surface area contributed by atoms with E-state index >= 15 is 0 Å². The van der Waals surface area contributed by atoms with Crippen molar-refractivity contribution in [1.82, 2.24) is 0 Å². The van der Waals surface area contributed by atoms with Crippen molar-refractivity contribution in [2.24, 2.45) is 0 Å². The highest BCUT2D eigenvalue weighted by molar-refractivity contribution is 9.09. The van der Waals surface area contributed by atoms with Crippen LogP contribution in [0.25, 0.3) is 0 Å². The maximum absolute atomic E-state index is 3.43. The van der Waals surface area contributed by atoms with E-state index in [4.69, 9.17) is 0 Å². The van der Waals surface area contributed by atoms with Crippen LogP contribution in [0.2, 0.25) is 0 Å². The van der Waals surface area contributed by atoms with Gasteiger partial charge in [-0.15, -0.1) is 0 Å². The lowest BCUT2D eigenvalue weighted by Gasteiger charge is -2.00. The average molecular weight is 291 g/mol. The summed E-state index contributed by atoms with van der Waals surface area (Å²) in [7, 11) is 0. The first-order valence-corrected chi connectivity index (χ1v) is 6.22. The quantitative estimate of drug-likeness (QED) is 0.746. The smallest absolute Gasteiger partial charge is 0.00720 e. The van der Waals surface area contributed by atoms with Crippen LogP contribution in [-0.4, -0.2) is 10.7 Å². The van der Waals surface area contributed by atoms with Crippen LogP contribution in [0.5, 0.6) is 0 Å². The largest absolute Gasteiger partial charge is 0.0924 e. The highest BCUT2D eigenvalue weighted by atomic mass is 79.9. The number of alkyl halides is 2. The van der Waals surface area contributed by atoms with Crippen LogP contribution in [0, 0.1) is 6.07 Å². The molecule has 0 N–H and O–H groups in total. The molecule has 0 spiro atoms. The van der Waals surface area contributed by atoms with Crippen molar-refractivity contribution in [2.75, 3.05) is 10.7 Å². The van der Waals surface area contributed by atoms with Gasteiger partial charge < -0.3 is 0 Å². The zero-order chi connectivity index (χ0) is 8.81. The van der Waals surface area contributed by atoms with E-state index in [1.807, 2.05) is 6.07 Å². The molecule has 0 aliphatic rings. The molecule has 0 amide bonds. The summed E-state index contributed by atoms with van der Waals surface area (Å²) in [5, 5.41) is 2.05. The van der Waals surface area contributed by atoms with E-state index in [9.17, 15) is 0 Å². The minimum atomic E-state index is 1.02. The van der Waals surface area contributed by atoms with Crippen LogP contribution in [0.3, 0.4) is 0 Å². The molecule has 1 radical (unpaired) electrons. The summed E-state index contributed by atoms with van der Waals surface area (Å²) in [5.41, 5.74) is 2.69. The molecule has 0 fully saturated rings. The standard InChI is InChI=1S/C10H11Br2/c11-6-4-9-2-1-3-10(8-9)5-7-12/h1-2,8H,4-7H2. The average Bonchev–Trinajstić information content (AvgIpc) is 2.06. The van der Waals surface area contributed by atoms with Gasteiger partial charge in [-0.3, -0.25) is 0 Å². The maximum atomic E-state index is 3.43. The van der Waals surface area contributed by atoms with Crippen molar-refractivity contribution in [3.05, 3.63) is 35.4 Å². The SMILES string of the molecule is BrCCc1[c]ccc(CCBr)c1. The van der Waals surface area contributed by atoms with Gasteiger partial charge in [-0.25, -0.2) is 0 Å².